The second-order valence-corrected chi connectivity index (χ2v) is 7.85. The maximum atomic E-state index is 11.7. The fourth-order valence-electron chi connectivity index (χ4n) is 2.10. The van der Waals surface area contributed by atoms with Crippen molar-refractivity contribution in [2.24, 2.45) is 0 Å². The number of benzene rings is 1. The summed E-state index contributed by atoms with van der Waals surface area (Å²) in [6, 6.07) is 8.05. The lowest BCUT2D eigenvalue weighted by molar-refractivity contribution is -0.122. The third kappa shape index (κ3) is 6.13. The molecule has 2 rings (SSSR count). The van der Waals surface area contributed by atoms with Crippen molar-refractivity contribution in [3.63, 3.8) is 0 Å². The van der Waals surface area contributed by atoms with Gasteiger partial charge in [-0.2, -0.15) is 0 Å². The van der Waals surface area contributed by atoms with E-state index in [2.05, 4.69) is 20.6 Å². The van der Waals surface area contributed by atoms with Crippen LogP contribution in [0, 0.1) is 0 Å². The zero-order valence-electron chi connectivity index (χ0n) is 14.3. The smallest absolute Gasteiger partial charge is 0.243 e. The molecule has 0 aliphatic carbocycles. The van der Waals surface area contributed by atoms with Crippen LogP contribution in [0.2, 0.25) is 0 Å². The normalized spacial score (nSPS) is 11.0. The first-order valence-corrected chi connectivity index (χ1v) is 9.64. The summed E-state index contributed by atoms with van der Waals surface area (Å²) in [5.74, 6) is -0.423. The van der Waals surface area contributed by atoms with Crippen molar-refractivity contribution < 1.29 is 18.0 Å². The van der Waals surface area contributed by atoms with Gasteiger partial charge in [-0.15, -0.1) is 0 Å². The van der Waals surface area contributed by atoms with Crippen LogP contribution in [0.1, 0.15) is 12.6 Å². The van der Waals surface area contributed by atoms with Crippen molar-refractivity contribution in [3.05, 3.63) is 36.0 Å². The predicted octanol–water partition coefficient (Wildman–Crippen LogP) is 0.345. The second-order valence-electron chi connectivity index (χ2n) is 5.71. The number of anilines is 2. The number of nitrogens with one attached hydrogen (secondary N) is 2. The molecule has 9 nitrogen and oxygen atoms in total. The Hall–Kier alpha value is -3.01. The molecule has 0 aliphatic rings. The quantitative estimate of drug-likeness (QED) is 0.658. The van der Waals surface area contributed by atoms with Crippen molar-refractivity contribution in [3.8, 4) is 11.4 Å². The van der Waals surface area contributed by atoms with Gasteiger partial charge in [-0.3, -0.25) is 9.59 Å². The number of hydrogen-bond acceptors (Lipinski definition) is 7. The molecule has 0 bridgehead atoms. The lowest BCUT2D eigenvalue weighted by atomic mass is 10.2. The summed E-state index contributed by atoms with van der Waals surface area (Å²) in [6.07, 6.45) is 1.11. The molecule has 0 fully saturated rings. The number of nitrogens with two attached hydrogens (primary N) is 1. The minimum absolute atomic E-state index is 0.121. The van der Waals surface area contributed by atoms with Gasteiger partial charge in [-0.1, -0.05) is 0 Å². The minimum Gasteiger partial charge on any atom is -0.384 e. The van der Waals surface area contributed by atoms with Crippen LogP contribution in [0.3, 0.4) is 0 Å². The standard InChI is InChI=1S/C16H19N5O4S/c1-10(22)18-8-15(23)19-12-5-3-11(4-6-12)16-20-13(7-14(17)21-16)9-26(2,24)25/h3-7H,8-9H2,1-2H3,(H,18,22)(H,19,23)(H2,17,20,21). The Kier molecular flexibility index (Phi) is 5.88. The molecule has 26 heavy (non-hydrogen) atoms. The molecule has 0 saturated carbocycles. The van der Waals surface area contributed by atoms with E-state index in [0.29, 0.717) is 22.8 Å². The van der Waals surface area contributed by atoms with Crippen LogP contribution in [0.4, 0.5) is 11.5 Å². The number of amides is 2. The molecular weight excluding hydrogens is 358 g/mol. The van der Waals surface area contributed by atoms with Crippen LogP contribution < -0.4 is 16.4 Å². The molecule has 1 heterocycles. The topological polar surface area (TPSA) is 144 Å². The summed E-state index contributed by atoms with van der Waals surface area (Å²) >= 11 is 0. The Morgan fingerprint density at radius 1 is 1.15 bits per heavy atom. The summed E-state index contributed by atoms with van der Waals surface area (Å²) in [5, 5.41) is 5.03. The lowest BCUT2D eigenvalue weighted by Crippen LogP contribution is -2.31. The number of sulfone groups is 1. The molecule has 4 N–H and O–H groups in total. The molecule has 138 valence electrons. The van der Waals surface area contributed by atoms with Gasteiger partial charge in [0.05, 0.1) is 18.0 Å². The van der Waals surface area contributed by atoms with Crippen LogP contribution in [-0.4, -0.2) is 43.0 Å². The molecule has 0 atom stereocenters. The lowest BCUT2D eigenvalue weighted by Gasteiger charge is -2.08. The van der Waals surface area contributed by atoms with Gasteiger partial charge in [0.15, 0.2) is 15.7 Å². The second kappa shape index (κ2) is 7.91. The van der Waals surface area contributed by atoms with Crippen molar-refractivity contribution in [2.75, 3.05) is 23.9 Å². The van der Waals surface area contributed by atoms with Crippen LogP contribution in [0.25, 0.3) is 11.4 Å². The zero-order valence-corrected chi connectivity index (χ0v) is 15.1. The Balaban J connectivity index is 2.15. The first-order chi connectivity index (χ1) is 12.1. The third-order valence-corrected chi connectivity index (χ3v) is 3.95. The molecule has 2 amide bonds. The number of nitrogens with zero attached hydrogens (tertiary/aromatic N) is 2. The van der Waals surface area contributed by atoms with Gasteiger partial charge >= 0.3 is 0 Å². The van der Waals surface area contributed by atoms with E-state index in [0.717, 1.165) is 6.26 Å². The van der Waals surface area contributed by atoms with Crippen molar-refractivity contribution in [2.45, 2.75) is 12.7 Å². The van der Waals surface area contributed by atoms with Gasteiger partial charge in [0.1, 0.15) is 5.82 Å². The summed E-state index contributed by atoms with van der Waals surface area (Å²) in [7, 11) is -3.25. The summed E-state index contributed by atoms with van der Waals surface area (Å²) in [6.45, 7) is 1.20. The zero-order chi connectivity index (χ0) is 19.3. The molecule has 2 aromatic rings. The van der Waals surface area contributed by atoms with Gasteiger partial charge in [0.2, 0.25) is 11.8 Å². The van der Waals surface area contributed by atoms with E-state index >= 15 is 0 Å². The maximum Gasteiger partial charge on any atom is 0.243 e. The monoisotopic (exact) mass is 377 g/mol. The number of nitrogen functional groups attached to an aromatic ring is 1. The Labute approximate surface area is 151 Å². The molecule has 0 radical (unpaired) electrons. The summed E-state index contributed by atoms with van der Waals surface area (Å²) < 4.78 is 22.9. The number of hydrogen-bond donors (Lipinski definition) is 3. The Bertz CT molecular complexity index is 926. The van der Waals surface area contributed by atoms with E-state index in [4.69, 9.17) is 5.73 Å². The van der Waals surface area contributed by atoms with Crippen LogP contribution in [0.5, 0.6) is 0 Å². The van der Waals surface area contributed by atoms with Crippen LogP contribution in [-0.2, 0) is 25.2 Å². The molecule has 1 aromatic carbocycles. The molecule has 0 spiro atoms. The average molecular weight is 377 g/mol. The maximum absolute atomic E-state index is 11.7. The number of rotatable bonds is 6. The van der Waals surface area contributed by atoms with Gasteiger partial charge in [-0.05, 0) is 24.3 Å². The van der Waals surface area contributed by atoms with E-state index in [9.17, 15) is 18.0 Å². The number of carbonyl (C=O) groups is 2. The average Bonchev–Trinajstić information content (AvgIpc) is 2.51. The predicted molar refractivity (Wildman–Crippen MR) is 97.7 cm³/mol. The Morgan fingerprint density at radius 3 is 2.38 bits per heavy atom. The fourth-order valence-corrected chi connectivity index (χ4v) is 2.79. The Morgan fingerprint density at radius 2 is 1.81 bits per heavy atom. The highest BCUT2D eigenvalue weighted by Gasteiger charge is 2.11. The molecular formula is C16H19N5O4S. The largest absolute Gasteiger partial charge is 0.384 e. The van der Waals surface area contributed by atoms with Crippen molar-refractivity contribution in [1.82, 2.24) is 15.3 Å². The SMILES string of the molecule is CC(=O)NCC(=O)Nc1ccc(-c2nc(N)cc(CS(C)(=O)=O)n2)cc1. The van der Waals surface area contributed by atoms with Gasteiger partial charge in [0, 0.05) is 30.5 Å². The molecule has 0 unspecified atom stereocenters. The van der Waals surface area contributed by atoms with E-state index in [-0.39, 0.29) is 29.9 Å². The van der Waals surface area contributed by atoms with Crippen molar-refractivity contribution in [1.29, 1.82) is 0 Å². The highest BCUT2D eigenvalue weighted by Crippen LogP contribution is 2.20. The summed E-state index contributed by atoms with van der Waals surface area (Å²) in [5.41, 5.74) is 7.19. The highest BCUT2D eigenvalue weighted by molar-refractivity contribution is 7.89. The fraction of sp³-hybridized carbons (Fsp3) is 0.250. The number of carbonyl (C=O) groups excluding carboxylic acids is 2. The molecule has 10 heteroatoms. The first-order valence-electron chi connectivity index (χ1n) is 7.58. The van der Waals surface area contributed by atoms with Gasteiger partial charge < -0.3 is 16.4 Å². The van der Waals surface area contributed by atoms with Crippen LogP contribution in [0.15, 0.2) is 30.3 Å². The van der Waals surface area contributed by atoms with Gasteiger partial charge in [0.25, 0.3) is 0 Å². The first kappa shape index (κ1) is 19.3. The van der Waals surface area contributed by atoms with Gasteiger partial charge in [-0.25, -0.2) is 18.4 Å². The van der Waals surface area contributed by atoms with E-state index in [1.807, 2.05) is 0 Å². The van der Waals surface area contributed by atoms with Crippen LogP contribution >= 0.6 is 0 Å². The van der Waals surface area contributed by atoms with E-state index < -0.39 is 9.84 Å². The van der Waals surface area contributed by atoms with Crippen molar-refractivity contribution >= 4 is 33.2 Å². The summed E-state index contributed by atoms with van der Waals surface area (Å²) in [4.78, 5) is 30.8. The minimum atomic E-state index is -3.25. The molecule has 0 aliphatic heterocycles. The highest BCUT2D eigenvalue weighted by atomic mass is 32.2. The van der Waals surface area contributed by atoms with E-state index in [1.54, 1.807) is 24.3 Å². The number of aromatic nitrogens is 2. The van der Waals surface area contributed by atoms with E-state index in [1.165, 1.54) is 13.0 Å². The molecule has 0 saturated heterocycles. The molecule has 1 aromatic heterocycles. The third-order valence-electron chi connectivity index (χ3n) is 3.13.